The van der Waals surface area contributed by atoms with Gasteiger partial charge in [-0.2, -0.15) is 0 Å². The maximum atomic E-state index is 5.47. The summed E-state index contributed by atoms with van der Waals surface area (Å²) in [6.45, 7) is 9.14. The Balaban J connectivity index is 1.95. The van der Waals surface area contributed by atoms with E-state index in [2.05, 4.69) is 19.2 Å². The average Bonchev–Trinajstić information content (AvgIpc) is 2.12. The van der Waals surface area contributed by atoms with E-state index in [4.69, 9.17) is 4.74 Å². The van der Waals surface area contributed by atoms with Crippen molar-refractivity contribution in [1.29, 1.82) is 0 Å². The molecule has 2 heteroatoms. The van der Waals surface area contributed by atoms with Crippen LogP contribution in [0, 0.1) is 17.3 Å². The quantitative estimate of drug-likeness (QED) is 0.747. The van der Waals surface area contributed by atoms with Crippen LogP contribution in [0.25, 0.3) is 0 Å². The molecule has 0 aromatic heterocycles. The molecule has 2 saturated heterocycles. The molecule has 2 fully saturated rings. The first-order valence-electron chi connectivity index (χ1n) is 6.01. The Morgan fingerprint density at radius 3 is 2.36 bits per heavy atom. The Morgan fingerprint density at radius 2 is 1.93 bits per heavy atom. The van der Waals surface area contributed by atoms with Gasteiger partial charge in [0.1, 0.15) is 0 Å². The van der Waals surface area contributed by atoms with E-state index < -0.39 is 0 Å². The van der Waals surface area contributed by atoms with E-state index in [9.17, 15) is 0 Å². The number of rotatable bonds is 3. The van der Waals surface area contributed by atoms with Crippen LogP contribution in [0.4, 0.5) is 0 Å². The molecule has 0 aromatic rings. The van der Waals surface area contributed by atoms with Gasteiger partial charge < -0.3 is 10.1 Å². The van der Waals surface area contributed by atoms with Crippen LogP contribution in [-0.4, -0.2) is 26.3 Å². The van der Waals surface area contributed by atoms with E-state index in [-0.39, 0.29) is 0 Å². The molecule has 0 aromatic carbocycles. The number of ether oxygens (including phenoxy) is 1. The van der Waals surface area contributed by atoms with Gasteiger partial charge >= 0.3 is 0 Å². The maximum absolute atomic E-state index is 5.47. The lowest BCUT2D eigenvalue weighted by Gasteiger charge is -2.50. The van der Waals surface area contributed by atoms with Crippen molar-refractivity contribution in [2.75, 3.05) is 26.3 Å². The summed E-state index contributed by atoms with van der Waals surface area (Å²) < 4.78 is 5.47. The van der Waals surface area contributed by atoms with Gasteiger partial charge in [0.05, 0.1) is 13.2 Å². The van der Waals surface area contributed by atoms with Gasteiger partial charge in [-0.15, -0.1) is 0 Å². The Morgan fingerprint density at radius 1 is 1.29 bits per heavy atom. The summed E-state index contributed by atoms with van der Waals surface area (Å²) in [6, 6.07) is 0. The molecule has 2 nitrogen and oxygen atoms in total. The lowest BCUT2D eigenvalue weighted by molar-refractivity contribution is -0.160. The van der Waals surface area contributed by atoms with E-state index >= 15 is 0 Å². The lowest BCUT2D eigenvalue weighted by Crippen LogP contribution is -2.51. The Hall–Kier alpha value is -0.0800. The van der Waals surface area contributed by atoms with Crippen LogP contribution in [-0.2, 0) is 4.74 Å². The lowest BCUT2D eigenvalue weighted by atomic mass is 9.65. The molecular formula is C12H23NO. The highest BCUT2D eigenvalue weighted by atomic mass is 16.5. The molecule has 2 heterocycles. The number of hydrogen-bond acceptors (Lipinski definition) is 2. The zero-order valence-electron chi connectivity index (χ0n) is 9.51. The number of hydrogen-bond donors (Lipinski definition) is 1. The van der Waals surface area contributed by atoms with Crippen LogP contribution in [0.5, 0.6) is 0 Å². The molecule has 0 unspecified atom stereocenters. The summed E-state index contributed by atoms with van der Waals surface area (Å²) in [6.07, 6.45) is 4.07. The third-order valence-corrected chi connectivity index (χ3v) is 3.80. The van der Waals surface area contributed by atoms with Crippen LogP contribution >= 0.6 is 0 Å². The minimum Gasteiger partial charge on any atom is -0.380 e. The van der Waals surface area contributed by atoms with Crippen molar-refractivity contribution < 1.29 is 4.74 Å². The molecule has 2 aliphatic rings. The summed E-state index contributed by atoms with van der Waals surface area (Å²) in [5.41, 5.74) is 0.552. The fourth-order valence-corrected chi connectivity index (χ4v) is 3.13. The van der Waals surface area contributed by atoms with Gasteiger partial charge in [-0.25, -0.2) is 0 Å². The first-order chi connectivity index (χ1) is 6.73. The largest absolute Gasteiger partial charge is 0.380 e. The second-order valence-corrected chi connectivity index (χ2v) is 5.48. The summed E-state index contributed by atoms with van der Waals surface area (Å²) >= 11 is 0. The van der Waals surface area contributed by atoms with Crippen LogP contribution in [0.3, 0.4) is 0 Å². The van der Waals surface area contributed by atoms with Gasteiger partial charge in [-0.1, -0.05) is 13.8 Å². The van der Waals surface area contributed by atoms with E-state index in [0.717, 1.165) is 25.0 Å². The maximum Gasteiger partial charge on any atom is 0.0547 e. The van der Waals surface area contributed by atoms with Crippen molar-refractivity contribution >= 4 is 0 Å². The highest BCUT2D eigenvalue weighted by Crippen LogP contribution is 2.45. The highest BCUT2D eigenvalue weighted by molar-refractivity contribution is 4.94. The molecule has 0 saturated carbocycles. The monoisotopic (exact) mass is 197 g/mol. The van der Waals surface area contributed by atoms with Crippen molar-refractivity contribution in [3.8, 4) is 0 Å². The second-order valence-electron chi connectivity index (χ2n) is 5.48. The molecular weight excluding hydrogens is 174 g/mol. The van der Waals surface area contributed by atoms with E-state index in [1.165, 1.54) is 32.4 Å². The topological polar surface area (TPSA) is 21.3 Å². The SMILES string of the molecule is CC(C)CC1(C2CCNCC2)COC1. The Labute approximate surface area is 87.4 Å². The molecule has 82 valence electrons. The number of nitrogens with one attached hydrogen (secondary N) is 1. The summed E-state index contributed by atoms with van der Waals surface area (Å²) in [5, 5.41) is 3.45. The van der Waals surface area contributed by atoms with Crippen molar-refractivity contribution in [3.63, 3.8) is 0 Å². The summed E-state index contributed by atoms with van der Waals surface area (Å²) in [5.74, 6) is 1.73. The molecule has 0 amide bonds. The molecule has 14 heavy (non-hydrogen) atoms. The highest BCUT2D eigenvalue weighted by Gasteiger charge is 2.45. The molecule has 2 rings (SSSR count). The van der Waals surface area contributed by atoms with E-state index in [1.54, 1.807) is 0 Å². The predicted molar refractivity (Wildman–Crippen MR) is 58.3 cm³/mol. The third kappa shape index (κ3) is 1.96. The molecule has 2 aliphatic heterocycles. The van der Waals surface area contributed by atoms with Crippen LogP contribution < -0.4 is 5.32 Å². The fraction of sp³-hybridized carbons (Fsp3) is 1.00. The second kappa shape index (κ2) is 4.19. The average molecular weight is 197 g/mol. The van der Waals surface area contributed by atoms with Crippen molar-refractivity contribution in [2.24, 2.45) is 17.3 Å². The predicted octanol–water partition coefficient (Wildman–Crippen LogP) is 2.05. The van der Waals surface area contributed by atoms with Gasteiger partial charge in [0, 0.05) is 5.41 Å². The Kier molecular flexibility index (Phi) is 3.13. The molecule has 1 N–H and O–H groups in total. The smallest absolute Gasteiger partial charge is 0.0547 e. The molecule has 0 bridgehead atoms. The normalized spacial score (nSPS) is 27.6. The van der Waals surface area contributed by atoms with Crippen LogP contribution in [0.1, 0.15) is 33.1 Å². The molecule has 0 radical (unpaired) electrons. The fourth-order valence-electron chi connectivity index (χ4n) is 3.13. The van der Waals surface area contributed by atoms with Gasteiger partial charge in [0.15, 0.2) is 0 Å². The van der Waals surface area contributed by atoms with Gasteiger partial charge in [-0.05, 0) is 44.2 Å². The summed E-state index contributed by atoms with van der Waals surface area (Å²) in [7, 11) is 0. The Bertz CT molecular complexity index is 181. The molecule has 0 aliphatic carbocycles. The van der Waals surface area contributed by atoms with Gasteiger partial charge in [0.25, 0.3) is 0 Å². The minimum absolute atomic E-state index is 0.552. The van der Waals surface area contributed by atoms with Crippen molar-refractivity contribution in [2.45, 2.75) is 33.1 Å². The van der Waals surface area contributed by atoms with Gasteiger partial charge in [-0.3, -0.25) is 0 Å². The first-order valence-corrected chi connectivity index (χ1v) is 6.01. The van der Waals surface area contributed by atoms with Crippen LogP contribution in [0.15, 0.2) is 0 Å². The first kappa shape index (κ1) is 10.4. The molecule has 0 spiro atoms. The van der Waals surface area contributed by atoms with Crippen molar-refractivity contribution in [3.05, 3.63) is 0 Å². The summed E-state index contributed by atoms with van der Waals surface area (Å²) in [4.78, 5) is 0. The van der Waals surface area contributed by atoms with Crippen LogP contribution in [0.2, 0.25) is 0 Å². The standard InChI is InChI=1S/C12H23NO/c1-10(2)7-12(8-14-9-12)11-3-5-13-6-4-11/h10-11,13H,3-9H2,1-2H3. The van der Waals surface area contributed by atoms with E-state index in [0.29, 0.717) is 5.41 Å². The van der Waals surface area contributed by atoms with Crippen molar-refractivity contribution in [1.82, 2.24) is 5.32 Å². The number of piperidine rings is 1. The minimum atomic E-state index is 0.552. The zero-order valence-corrected chi connectivity index (χ0v) is 9.51. The molecule has 0 atom stereocenters. The van der Waals surface area contributed by atoms with E-state index in [1.807, 2.05) is 0 Å². The third-order valence-electron chi connectivity index (χ3n) is 3.80. The van der Waals surface area contributed by atoms with Gasteiger partial charge in [0.2, 0.25) is 0 Å². The zero-order chi connectivity index (χ0) is 10.0.